The molecule has 0 amide bonds. The third kappa shape index (κ3) is 2.95. The fourth-order valence-corrected chi connectivity index (χ4v) is 4.74. The first kappa shape index (κ1) is 12.8. The molecule has 1 N–H and O–H groups in total. The van der Waals surface area contributed by atoms with Crippen LogP contribution in [-0.2, 0) is 0 Å². The van der Waals surface area contributed by atoms with Gasteiger partial charge in [-0.05, 0) is 43.3 Å². The first-order valence-electron chi connectivity index (χ1n) is 6.93. The van der Waals surface area contributed by atoms with E-state index in [1.807, 2.05) is 0 Å². The Hall–Kier alpha value is 0.310. The average Bonchev–Trinajstić information content (AvgIpc) is 2.74. The smallest absolute Gasteiger partial charge is 0.0212 e. The second kappa shape index (κ2) is 5.30. The lowest BCUT2D eigenvalue weighted by molar-refractivity contribution is 0.211. The molecule has 1 aliphatic carbocycles. The van der Waals surface area contributed by atoms with Gasteiger partial charge in [0.05, 0.1) is 0 Å². The van der Waals surface area contributed by atoms with Crippen LogP contribution in [0.25, 0.3) is 0 Å². The van der Waals surface area contributed by atoms with Gasteiger partial charge in [-0.3, -0.25) is 0 Å². The Labute approximate surface area is 105 Å². The molecular weight excluding hydrogens is 214 g/mol. The van der Waals surface area contributed by atoms with Gasteiger partial charge in [-0.25, -0.2) is 0 Å². The van der Waals surface area contributed by atoms with Gasteiger partial charge in [0.25, 0.3) is 0 Å². The van der Waals surface area contributed by atoms with Crippen molar-refractivity contribution >= 4 is 11.8 Å². The first-order valence-corrected chi connectivity index (χ1v) is 8.09. The quantitative estimate of drug-likeness (QED) is 0.809. The summed E-state index contributed by atoms with van der Waals surface area (Å²) in [4.78, 5) is 0. The number of hydrogen-bond donors (Lipinski definition) is 1. The average molecular weight is 241 g/mol. The molecule has 1 aliphatic heterocycles. The molecule has 94 valence electrons. The Morgan fingerprint density at radius 3 is 2.56 bits per heavy atom. The van der Waals surface area contributed by atoms with E-state index in [0.29, 0.717) is 5.41 Å². The van der Waals surface area contributed by atoms with Gasteiger partial charge in [-0.2, -0.15) is 11.8 Å². The third-order valence-corrected chi connectivity index (χ3v) is 5.75. The number of hydrogen-bond acceptors (Lipinski definition) is 2. The van der Waals surface area contributed by atoms with E-state index in [1.165, 1.54) is 43.6 Å². The van der Waals surface area contributed by atoms with Crippen LogP contribution in [-0.4, -0.2) is 23.6 Å². The number of rotatable bonds is 3. The van der Waals surface area contributed by atoms with Crippen molar-refractivity contribution in [3.63, 3.8) is 0 Å². The summed E-state index contributed by atoms with van der Waals surface area (Å²) >= 11 is 2.13. The van der Waals surface area contributed by atoms with Gasteiger partial charge in [-0.15, -0.1) is 0 Å². The van der Waals surface area contributed by atoms with Gasteiger partial charge >= 0.3 is 0 Å². The van der Waals surface area contributed by atoms with Gasteiger partial charge in [0.2, 0.25) is 0 Å². The van der Waals surface area contributed by atoms with Crippen LogP contribution in [0.4, 0.5) is 0 Å². The molecule has 0 aromatic rings. The maximum Gasteiger partial charge on any atom is 0.0212 e. The van der Waals surface area contributed by atoms with E-state index in [2.05, 4.69) is 37.8 Å². The van der Waals surface area contributed by atoms with Gasteiger partial charge < -0.3 is 5.32 Å². The summed E-state index contributed by atoms with van der Waals surface area (Å²) < 4.78 is 0. The Bertz CT molecular complexity index is 221. The fraction of sp³-hybridized carbons (Fsp3) is 1.00. The highest BCUT2D eigenvalue weighted by Crippen LogP contribution is 2.35. The number of thioether (sulfide) groups is 1. The maximum absolute atomic E-state index is 3.93. The van der Waals surface area contributed by atoms with E-state index >= 15 is 0 Å². The van der Waals surface area contributed by atoms with E-state index in [0.717, 1.165) is 18.0 Å². The van der Waals surface area contributed by atoms with E-state index in [-0.39, 0.29) is 0 Å². The Balaban J connectivity index is 1.87. The molecule has 2 aliphatic rings. The topological polar surface area (TPSA) is 12.0 Å². The molecular formula is C14H27NS. The minimum atomic E-state index is 0.498. The second-order valence-corrected chi connectivity index (χ2v) is 7.52. The molecule has 0 aromatic carbocycles. The van der Waals surface area contributed by atoms with Crippen LogP contribution < -0.4 is 5.32 Å². The molecule has 0 radical (unpaired) electrons. The van der Waals surface area contributed by atoms with Crippen molar-refractivity contribution in [2.75, 3.05) is 11.5 Å². The Morgan fingerprint density at radius 1 is 1.25 bits per heavy atom. The first-order chi connectivity index (χ1) is 7.59. The van der Waals surface area contributed by atoms with Gasteiger partial charge in [-0.1, -0.05) is 26.7 Å². The predicted octanol–water partition coefficient (Wildman–Crippen LogP) is 3.69. The van der Waals surface area contributed by atoms with E-state index < -0.39 is 0 Å². The minimum absolute atomic E-state index is 0.498. The third-order valence-electron chi connectivity index (χ3n) is 4.69. The van der Waals surface area contributed by atoms with Crippen molar-refractivity contribution in [1.82, 2.24) is 5.32 Å². The zero-order valence-corrected chi connectivity index (χ0v) is 11.9. The van der Waals surface area contributed by atoms with Crippen LogP contribution in [0.3, 0.4) is 0 Å². The molecule has 1 saturated heterocycles. The molecule has 0 aromatic heterocycles. The van der Waals surface area contributed by atoms with Crippen LogP contribution >= 0.6 is 11.8 Å². The Morgan fingerprint density at radius 2 is 1.94 bits per heavy atom. The largest absolute Gasteiger partial charge is 0.310 e. The normalized spacial score (nSPS) is 32.8. The zero-order chi connectivity index (χ0) is 11.6. The SMILES string of the molecule is C[C@H](NC1CSCCC1(C)C)C1CCCC1. The summed E-state index contributed by atoms with van der Waals surface area (Å²) in [6, 6.07) is 1.45. The zero-order valence-electron chi connectivity index (χ0n) is 11.1. The van der Waals surface area contributed by atoms with Crippen LogP contribution in [0, 0.1) is 11.3 Å². The highest BCUT2D eigenvalue weighted by molar-refractivity contribution is 7.99. The predicted molar refractivity (Wildman–Crippen MR) is 74.1 cm³/mol. The second-order valence-electron chi connectivity index (χ2n) is 6.37. The molecule has 1 nitrogen and oxygen atoms in total. The van der Waals surface area contributed by atoms with Crippen molar-refractivity contribution in [2.45, 2.75) is 65.0 Å². The summed E-state index contributed by atoms with van der Waals surface area (Å²) in [5, 5.41) is 3.93. The summed E-state index contributed by atoms with van der Waals surface area (Å²) in [6.07, 6.45) is 7.19. The lowest BCUT2D eigenvalue weighted by Gasteiger charge is -2.41. The summed E-state index contributed by atoms with van der Waals surface area (Å²) in [5.41, 5.74) is 0.498. The van der Waals surface area contributed by atoms with Crippen molar-refractivity contribution < 1.29 is 0 Å². The minimum Gasteiger partial charge on any atom is -0.310 e. The summed E-state index contributed by atoms with van der Waals surface area (Å²) in [6.45, 7) is 7.28. The highest BCUT2D eigenvalue weighted by Gasteiger charge is 2.34. The molecule has 2 fully saturated rings. The van der Waals surface area contributed by atoms with Crippen molar-refractivity contribution in [2.24, 2.45) is 11.3 Å². The molecule has 2 atom stereocenters. The Kier molecular flexibility index (Phi) is 4.23. The molecule has 1 unspecified atom stereocenters. The van der Waals surface area contributed by atoms with Crippen molar-refractivity contribution in [3.05, 3.63) is 0 Å². The van der Waals surface area contributed by atoms with Crippen molar-refractivity contribution in [3.8, 4) is 0 Å². The lowest BCUT2D eigenvalue weighted by Crippen LogP contribution is -2.51. The van der Waals surface area contributed by atoms with Crippen LogP contribution in [0.2, 0.25) is 0 Å². The highest BCUT2D eigenvalue weighted by atomic mass is 32.2. The maximum atomic E-state index is 3.93. The van der Waals surface area contributed by atoms with Crippen LogP contribution in [0.1, 0.15) is 52.9 Å². The summed E-state index contributed by atoms with van der Waals surface area (Å²) in [5.74, 6) is 3.61. The summed E-state index contributed by atoms with van der Waals surface area (Å²) in [7, 11) is 0. The van der Waals surface area contributed by atoms with E-state index in [4.69, 9.17) is 0 Å². The lowest BCUT2D eigenvalue weighted by atomic mass is 9.81. The molecule has 0 spiro atoms. The van der Waals surface area contributed by atoms with Gasteiger partial charge in [0.15, 0.2) is 0 Å². The van der Waals surface area contributed by atoms with Crippen LogP contribution in [0.15, 0.2) is 0 Å². The molecule has 0 bridgehead atoms. The van der Waals surface area contributed by atoms with Gasteiger partial charge in [0, 0.05) is 17.8 Å². The monoisotopic (exact) mass is 241 g/mol. The molecule has 2 heteroatoms. The van der Waals surface area contributed by atoms with Crippen molar-refractivity contribution in [1.29, 1.82) is 0 Å². The number of nitrogens with one attached hydrogen (secondary N) is 1. The molecule has 16 heavy (non-hydrogen) atoms. The van der Waals surface area contributed by atoms with Crippen LogP contribution in [0.5, 0.6) is 0 Å². The van der Waals surface area contributed by atoms with E-state index in [9.17, 15) is 0 Å². The van der Waals surface area contributed by atoms with E-state index in [1.54, 1.807) is 0 Å². The fourth-order valence-electron chi connectivity index (χ4n) is 3.12. The van der Waals surface area contributed by atoms with Gasteiger partial charge in [0.1, 0.15) is 0 Å². The standard InChI is InChI=1S/C14H27NS/c1-11(12-6-4-5-7-12)15-13-10-16-9-8-14(13,2)3/h11-13,15H,4-10H2,1-3H3/t11-,13?/m0/s1. The molecule has 1 saturated carbocycles. The molecule has 2 rings (SSSR count). The molecule has 1 heterocycles.